The van der Waals surface area contributed by atoms with Crippen molar-refractivity contribution in [2.45, 2.75) is 19.8 Å². The van der Waals surface area contributed by atoms with Crippen LogP contribution < -0.4 is 14.9 Å². The van der Waals surface area contributed by atoms with E-state index in [2.05, 4.69) is 10.6 Å². The molecule has 1 aliphatic rings. The van der Waals surface area contributed by atoms with Gasteiger partial charge in [0.15, 0.2) is 0 Å². The molecular formula is C29H34N4O3S. The van der Waals surface area contributed by atoms with Gasteiger partial charge in [0.05, 0.1) is 22.7 Å². The predicted molar refractivity (Wildman–Crippen MR) is 153 cm³/mol. The summed E-state index contributed by atoms with van der Waals surface area (Å²) in [7, 11) is 0.419. The Morgan fingerprint density at radius 3 is 2.24 bits per heavy atom. The average molecular weight is 519 g/mol. The number of carbonyl (C=O) groups excluding carboxylic acids is 1. The first-order valence-electron chi connectivity index (χ1n) is 12.5. The molecule has 8 heteroatoms. The third-order valence-electron chi connectivity index (χ3n) is 6.25. The lowest BCUT2D eigenvalue weighted by Crippen LogP contribution is -2.38. The summed E-state index contributed by atoms with van der Waals surface area (Å²) in [5, 5.41) is 6.39. The summed E-state index contributed by atoms with van der Waals surface area (Å²) in [5.41, 5.74) is 5.14. The molecule has 0 spiro atoms. The van der Waals surface area contributed by atoms with Gasteiger partial charge in [0.2, 0.25) is 10.0 Å². The molecule has 2 N–H and O–H groups in total. The highest BCUT2D eigenvalue weighted by Crippen LogP contribution is 2.37. The van der Waals surface area contributed by atoms with Crippen LogP contribution in [0.25, 0.3) is 11.3 Å². The van der Waals surface area contributed by atoms with E-state index in [-0.39, 0.29) is 11.7 Å². The topological polar surface area (TPSA) is 81.8 Å². The van der Waals surface area contributed by atoms with Crippen LogP contribution in [0.4, 0.5) is 17.1 Å². The Hall–Kier alpha value is -3.62. The molecule has 3 aromatic rings. The maximum absolute atomic E-state index is 13.1. The zero-order valence-electron chi connectivity index (χ0n) is 21.6. The number of benzene rings is 3. The molecule has 194 valence electrons. The van der Waals surface area contributed by atoms with Crippen LogP contribution in [0.1, 0.15) is 30.9 Å². The fraction of sp³-hybridized carbons (Fsp3) is 0.276. The van der Waals surface area contributed by atoms with Crippen LogP contribution in [0.5, 0.6) is 0 Å². The molecule has 0 aromatic heterocycles. The van der Waals surface area contributed by atoms with Gasteiger partial charge in [0, 0.05) is 30.0 Å². The number of hydrogen-bond donors (Lipinski definition) is 2. The Morgan fingerprint density at radius 1 is 0.892 bits per heavy atom. The van der Waals surface area contributed by atoms with Crippen molar-refractivity contribution in [3.8, 4) is 0 Å². The zero-order chi connectivity index (χ0) is 26.4. The molecule has 0 saturated heterocycles. The molecule has 0 unspecified atom stereocenters. The number of unbranched alkanes of at least 4 members (excludes halogenated alkanes) is 1. The number of nitrogens with one attached hydrogen (secondary N) is 2. The summed E-state index contributed by atoms with van der Waals surface area (Å²) in [6.07, 6.45) is 1.44. The Balaban J connectivity index is 1.69. The fourth-order valence-electron chi connectivity index (χ4n) is 4.26. The molecule has 0 aliphatic carbocycles. The zero-order valence-corrected chi connectivity index (χ0v) is 22.4. The van der Waals surface area contributed by atoms with Gasteiger partial charge in [-0.15, -0.1) is 0 Å². The lowest BCUT2D eigenvalue weighted by molar-refractivity contribution is -0.110. The van der Waals surface area contributed by atoms with E-state index in [0.29, 0.717) is 36.5 Å². The van der Waals surface area contributed by atoms with E-state index < -0.39 is 10.0 Å². The van der Waals surface area contributed by atoms with E-state index in [0.717, 1.165) is 28.9 Å². The predicted octanol–water partition coefficient (Wildman–Crippen LogP) is 5.12. The highest BCUT2D eigenvalue weighted by atomic mass is 32.2. The Morgan fingerprint density at radius 2 is 1.57 bits per heavy atom. The molecule has 4 rings (SSSR count). The molecule has 37 heavy (non-hydrogen) atoms. The van der Waals surface area contributed by atoms with Crippen molar-refractivity contribution in [2.75, 3.05) is 47.9 Å². The van der Waals surface area contributed by atoms with Crippen molar-refractivity contribution >= 4 is 44.3 Å². The SMILES string of the molecule is CCCCS(=O)(=O)N(CCN(C)C)c1ccc(N/C(=C2\C(=O)Nc3ccccc32)c2ccccc2)cc1. The van der Waals surface area contributed by atoms with Gasteiger partial charge in [-0.1, -0.05) is 61.9 Å². The highest BCUT2D eigenvalue weighted by Gasteiger charge is 2.28. The normalized spacial score (nSPS) is 14.3. The molecule has 1 amide bonds. The Kier molecular flexibility index (Phi) is 8.31. The summed E-state index contributed by atoms with van der Waals surface area (Å²) in [5.74, 6) is -0.0450. The van der Waals surface area contributed by atoms with Crippen LogP contribution in [0.2, 0.25) is 0 Å². The van der Waals surface area contributed by atoms with E-state index in [9.17, 15) is 13.2 Å². The van der Waals surface area contributed by atoms with Gasteiger partial charge in [-0.05, 0) is 56.4 Å². The minimum Gasteiger partial charge on any atom is -0.354 e. The molecule has 0 fully saturated rings. The number of carbonyl (C=O) groups is 1. The molecule has 1 aliphatic heterocycles. The first-order valence-corrected chi connectivity index (χ1v) is 14.1. The molecule has 7 nitrogen and oxygen atoms in total. The number of nitrogens with zero attached hydrogens (tertiary/aromatic N) is 2. The standard InChI is InChI=1S/C29H34N4O3S/c1-4-5-21-37(35,36)33(20-19-32(2)3)24-17-15-23(16-18-24)30-28(22-11-7-6-8-12-22)27-25-13-9-10-14-26(25)31-29(27)34/h6-18,30H,4-5,19-21H2,1-3H3,(H,31,34)/b28-27-. The van der Waals surface area contributed by atoms with Gasteiger partial charge in [-0.2, -0.15) is 0 Å². The quantitative estimate of drug-likeness (QED) is 0.345. The monoisotopic (exact) mass is 518 g/mol. The minimum atomic E-state index is -3.44. The van der Waals surface area contributed by atoms with Crippen LogP contribution in [-0.2, 0) is 14.8 Å². The second-order valence-electron chi connectivity index (χ2n) is 9.33. The third-order valence-corrected chi connectivity index (χ3v) is 8.12. The van der Waals surface area contributed by atoms with Crippen molar-refractivity contribution in [2.24, 2.45) is 0 Å². The summed E-state index contributed by atoms with van der Waals surface area (Å²) in [6.45, 7) is 2.98. The van der Waals surface area contributed by atoms with Gasteiger partial charge < -0.3 is 15.5 Å². The van der Waals surface area contributed by atoms with Gasteiger partial charge >= 0.3 is 0 Å². The van der Waals surface area contributed by atoms with Crippen molar-refractivity contribution < 1.29 is 13.2 Å². The third kappa shape index (κ3) is 6.21. The number of amides is 1. The van der Waals surface area contributed by atoms with Crippen molar-refractivity contribution in [3.63, 3.8) is 0 Å². The van der Waals surface area contributed by atoms with Gasteiger partial charge in [-0.25, -0.2) is 8.42 Å². The number of rotatable bonds is 11. The summed E-state index contributed by atoms with van der Waals surface area (Å²) >= 11 is 0. The maximum Gasteiger partial charge on any atom is 0.258 e. The second-order valence-corrected chi connectivity index (χ2v) is 11.3. The summed E-state index contributed by atoms with van der Waals surface area (Å²) in [4.78, 5) is 15.0. The number of sulfonamides is 1. The van der Waals surface area contributed by atoms with Crippen LogP contribution >= 0.6 is 0 Å². The van der Waals surface area contributed by atoms with E-state index in [1.165, 1.54) is 4.31 Å². The number of hydrogen-bond acceptors (Lipinski definition) is 5. The number of anilines is 3. The first kappa shape index (κ1) is 26.4. The van der Waals surface area contributed by atoms with Gasteiger partial charge in [0.1, 0.15) is 0 Å². The molecule has 0 atom stereocenters. The van der Waals surface area contributed by atoms with Crippen LogP contribution in [-0.4, -0.2) is 52.2 Å². The highest BCUT2D eigenvalue weighted by molar-refractivity contribution is 7.92. The van der Waals surface area contributed by atoms with E-state index in [4.69, 9.17) is 0 Å². The first-order chi connectivity index (χ1) is 17.8. The van der Waals surface area contributed by atoms with E-state index in [1.807, 2.05) is 105 Å². The Labute approximate surface area is 219 Å². The number of para-hydroxylation sites is 1. The molecule has 1 heterocycles. The molecule has 0 saturated carbocycles. The Bertz CT molecular complexity index is 1370. The van der Waals surface area contributed by atoms with E-state index >= 15 is 0 Å². The lowest BCUT2D eigenvalue weighted by Gasteiger charge is -2.26. The van der Waals surface area contributed by atoms with Crippen molar-refractivity contribution in [3.05, 3.63) is 90.0 Å². The van der Waals surface area contributed by atoms with Crippen LogP contribution in [0.15, 0.2) is 78.9 Å². The van der Waals surface area contributed by atoms with Crippen molar-refractivity contribution in [1.82, 2.24) is 4.90 Å². The maximum atomic E-state index is 13.1. The van der Waals surface area contributed by atoms with Crippen molar-refractivity contribution in [1.29, 1.82) is 0 Å². The largest absolute Gasteiger partial charge is 0.354 e. The number of likely N-dealkylation sites (N-methyl/N-ethyl adjacent to an activating group) is 1. The molecule has 0 bridgehead atoms. The smallest absolute Gasteiger partial charge is 0.258 e. The van der Waals surface area contributed by atoms with Gasteiger partial charge in [-0.3, -0.25) is 9.10 Å². The second kappa shape index (κ2) is 11.6. The molecular weight excluding hydrogens is 484 g/mol. The average Bonchev–Trinajstić information content (AvgIpc) is 3.22. The number of fused-ring (bicyclic) bond motifs is 1. The minimum absolute atomic E-state index is 0.121. The fourth-order valence-corrected chi connectivity index (χ4v) is 5.94. The van der Waals surface area contributed by atoms with Gasteiger partial charge in [0.25, 0.3) is 5.91 Å². The van der Waals surface area contributed by atoms with E-state index in [1.54, 1.807) is 0 Å². The molecule has 0 radical (unpaired) electrons. The van der Waals surface area contributed by atoms with Crippen LogP contribution in [0.3, 0.4) is 0 Å². The lowest BCUT2D eigenvalue weighted by atomic mass is 10.00. The van der Waals surface area contributed by atoms with Crippen LogP contribution in [0, 0.1) is 0 Å². The molecule has 3 aromatic carbocycles. The summed E-state index contributed by atoms with van der Waals surface area (Å²) < 4.78 is 27.7. The summed E-state index contributed by atoms with van der Waals surface area (Å²) in [6, 6.07) is 24.7.